The van der Waals surface area contributed by atoms with Crippen LogP contribution in [0.25, 0.3) is 0 Å². The molecule has 2 heterocycles. The predicted molar refractivity (Wildman–Crippen MR) is 91.2 cm³/mol. The molecule has 2 fully saturated rings. The van der Waals surface area contributed by atoms with E-state index in [-0.39, 0.29) is 5.54 Å². The van der Waals surface area contributed by atoms with Crippen LogP contribution in [0.1, 0.15) is 71.7 Å². The molecule has 0 aromatic carbocycles. The maximum atomic E-state index is 4.37. The Bertz CT molecular complexity index is 491. The molecular formula is C17H32N6. The van der Waals surface area contributed by atoms with Gasteiger partial charge in [-0.3, -0.25) is 9.80 Å². The first-order valence-corrected chi connectivity index (χ1v) is 9.27. The third-order valence-electron chi connectivity index (χ3n) is 5.44. The zero-order valence-electron chi connectivity index (χ0n) is 15.2. The van der Waals surface area contributed by atoms with Gasteiger partial charge < -0.3 is 0 Å². The molecule has 0 N–H and O–H groups in total. The average molecular weight is 320 g/mol. The summed E-state index contributed by atoms with van der Waals surface area (Å²) in [6, 6.07) is 1.17. The fourth-order valence-electron chi connectivity index (χ4n) is 4.17. The SMILES string of the molecule is CC[C@H](c1nnnn1C(C)(C)C)N1CCN(C2CCCC2)CC1. The zero-order chi connectivity index (χ0) is 16.4. The van der Waals surface area contributed by atoms with Gasteiger partial charge in [0.1, 0.15) is 0 Å². The summed E-state index contributed by atoms with van der Waals surface area (Å²) >= 11 is 0. The lowest BCUT2D eigenvalue weighted by Crippen LogP contribution is -2.51. The molecule has 2 aliphatic rings. The predicted octanol–water partition coefficient (Wildman–Crippen LogP) is 2.44. The van der Waals surface area contributed by atoms with Crippen molar-refractivity contribution in [2.75, 3.05) is 26.2 Å². The van der Waals surface area contributed by atoms with Crippen LogP contribution in [0.5, 0.6) is 0 Å². The van der Waals surface area contributed by atoms with Crippen molar-refractivity contribution < 1.29 is 0 Å². The Hall–Kier alpha value is -1.01. The summed E-state index contributed by atoms with van der Waals surface area (Å²) in [5.41, 5.74) is -0.0715. The van der Waals surface area contributed by atoms with Crippen molar-refractivity contribution in [1.29, 1.82) is 0 Å². The molecule has 1 aliphatic heterocycles. The summed E-state index contributed by atoms with van der Waals surface area (Å²) in [7, 11) is 0. The fourth-order valence-corrected chi connectivity index (χ4v) is 4.17. The second kappa shape index (κ2) is 6.85. The third kappa shape index (κ3) is 3.58. The van der Waals surface area contributed by atoms with Crippen molar-refractivity contribution in [3.05, 3.63) is 5.82 Å². The number of rotatable bonds is 4. The van der Waals surface area contributed by atoms with E-state index in [4.69, 9.17) is 0 Å². The van der Waals surface area contributed by atoms with Crippen LogP contribution in [0.15, 0.2) is 0 Å². The number of aromatic nitrogens is 4. The van der Waals surface area contributed by atoms with Gasteiger partial charge in [-0.05, 0) is 50.5 Å². The highest BCUT2D eigenvalue weighted by Gasteiger charge is 2.32. The van der Waals surface area contributed by atoms with E-state index in [0.717, 1.165) is 31.4 Å². The van der Waals surface area contributed by atoms with E-state index in [1.165, 1.54) is 38.8 Å². The van der Waals surface area contributed by atoms with Gasteiger partial charge in [0, 0.05) is 32.2 Å². The molecule has 0 unspecified atom stereocenters. The first kappa shape index (κ1) is 16.8. The monoisotopic (exact) mass is 320 g/mol. The van der Waals surface area contributed by atoms with Crippen molar-refractivity contribution in [1.82, 2.24) is 30.0 Å². The second-order valence-electron chi connectivity index (χ2n) is 8.05. The van der Waals surface area contributed by atoms with E-state index in [9.17, 15) is 0 Å². The van der Waals surface area contributed by atoms with Crippen LogP contribution in [-0.4, -0.2) is 62.2 Å². The maximum Gasteiger partial charge on any atom is 0.168 e. The highest BCUT2D eigenvalue weighted by molar-refractivity contribution is 4.98. The Balaban J connectivity index is 1.67. The number of tetrazole rings is 1. The minimum absolute atomic E-state index is 0.0715. The van der Waals surface area contributed by atoms with Crippen molar-refractivity contribution >= 4 is 0 Å². The number of nitrogens with zero attached hydrogens (tertiary/aromatic N) is 6. The molecule has 130 valence electrons. The number of hydrogen-bond acceptors (Lipinski definition) is 5. The van der Waals surface area contributed by atoms with Crippen LogP contribution in [0, 0.1) is 0 Å². The van der Waals surface area contributed by atoms with Crippen molar-refractivity contribution in [3.63, 3.8) is 0 Å². The number of piperazine rings is 1. The summed E-state index contributed by atoms with van der Waals surface area (Å²) in [6.45, 7) is 13.4. The van der Waals surface area contributed by atoms with Gasteiger partial charge in [0.05, 0.1) is 11.6 Å². The molecule has 1 aliphatic carbocycles. The zero-order valence-corrected chi connectivity index (χ0v) is 15.2. The standard InChI is InChI=1S/C17H32N6/c1-5-15(16-18-19-20-23(16)17(2,3)4)22-12-10-21(11-13-22)14-8-6-7-9-14/h14-15H,5-13H2,1-4H3/t15-/m1/s1. The fraction of sp³-hybridized carbons (Fsp3) is 0.941. The molecule has 3 rings (SSSR count). The first-order chi connectivity index (χ1) is 11.0. The quantitative estimate of drug-likeness (QED) is 0.853. The lowest BCUT2D eigenvalue weighted by molar-refractivity contribution is 0.0628. The Morgan fingerprint density at radius 2 is 1.74 bits per heavy atom. The summed E-state index contributed by atoms with van der Waals surface area (Å²) < 4.78 is 2.00. The molecule has 1 atom stereocenters. The second-order valence-corrected chi connectivity index (χ2v) is 8.05. The molecule has 1 saturated heterocycles. The van der Waals surface area contributed by atoms with Gasteiger partial charge >= 0.3 is 0 Å². The Kier molecular flexibility index (Phi) is 5.01. The van der Waals surface area contributed by atoms with Gasteiger partial charge in [-0.15, -0.1) is 5.10 Å². The van der Waals surface area contributed by atoms with Gasteiger partial charge in [-0.1, -0.05) is 19.8 Å². The molecule has 6 nitrogen and oxygen atoms in total. The van der Waals surface area contributed by atoms with E-state index in [0.29, 0.717) is 6.04 Å². The molecule has 0 bridgehead atoms. The highest BCUT2D eigenvalue weighted by Crippen LogP contribution is 2.29. The molecule has 0 spiro atoms. The topological polar surface area (TPSA) is 50.1 Å². The molecule has 0 radical (unpaired) electrons. The largest absolute Gasteiger partial charge is 0.298 e. The lowest BCUT2D eigenvalue weighted by Gasteiger charge is -2.41. The molecule has 23 heavy (non-hydrogen) atoms. The van der Waals surface area contributed by atoms with Crippen molar-refractivity contribution in [2.24, 2.45) is 0 Å². The summed E-state index contributed by atoms with van der Waals surface area (Å²) in [4.78, 5) is 5.29. The molecular weight excluding hydrogens is 288 g/mol. The smallest absolute Gasteiger partial charge is 0.168 e. The molecule has 0 amide bonds. The Morgan fingerprint density at radius 3 is 2.30 bits per heavy atom. The summed E-state index contributed by atoms with van der Waals surface area (Å²) in [5.74, 6) is 1.02. The van der Waals surface area contributed by atoms with Gasteiger partial charge in [0.2, 0.25) is 0 Å². The van der Waals surface area contributed by atoms with E-state index in [1.54, 1.807) is 0 Å². The summed E-state index contributed by atoms with van der Waals surface area (Å²) in [6.07, 6.45) is 6.70. The minimum Gasteiger partial charge on any atom is -0.298 e. The first-order valence-electron chi connectivity index (χ1n) is 9.27. The normalized spacial score (nSPS) is 23.5. The average Bonchev–Trinajstić information content (AvgIpc) is 3.20. The van der Waals surface area contributed by atoms with Gasteiger partial charge in [-0.25, -0.2) is 4.68 Å². The maximum absolute atomic E-state index is 4.37. The number of hydrogen-bond donors (Lipinski definition) is 0. The molecule has 6 heteroatoms. The van der Waals surface area contributed by atoms with E-state index < -0.39 is 0 Å². The summed E-state index contributed by atoms with van der Waals surface area (Å²) in [5, 5.41) is 12.6. The van der Waals surface area contributed by atoms with Gasteiger partial charge in [0.25, 0.3) is 0 Å². The highest BCUT2D eigenvalue weighted by atomic mass is 15.6. The lowest BCUT2D eigenvalue weighted by atomic mass is 10.1. The van der Waals surface area contributed by atoms with Crippen LogP contribution in [0.3, 0.4) is 0 Å². The Morgan fingerprint density at radius 1 is 1.09 bits per heavy atom. The van der Waals surface area contributed by atoms with Crippen LogP contribution >= 0.6 is 0 Å². The van der Waals surface area contributed by atoms with E-state index in [1.807, 2.05) is 4.68 Å². The van der Waals surface area contributed by atoms with Crippen LogP contribution in [0.4, 0.5) is 0 Å². The van der Waals surface area contributed by atoms with Crippen molar-refractivity contribution in [3.8, 4) is 0 Å². The van der Waals surface area contributed by atoms with Gasteiger partial charge in [-0.2, -0.15) is 0 Å². The molecule has 1 aromatic heterocycles. The van der Waals surface area contributed by atoms with Crippen LogP contribution in [-0.2, 0) is 5.54 Å². The molecule has 1 saturated carbocycles. The minimum atomic E-state index is -0.0715. The Labute approximate surface area is 140 Å². The van der Waals surface area contributed by atoms with Crippen LogP contribution < -0.4 is 0 Å². The van der Waals surface area contributed by atoms with E-state index >= 15 is 0 Å². The van der Waals surface area contributed by atoms with E-state index in [2.05, 4.69) is 53.0 Å². The van der Waals surface area contributed by atoms with Crippen molar-refractivity contribution in [2.45, 2.75) is 77.4 Å². The van der Waals surface area contributed by atoms with Gasteiger partial charge in [0.15, 0.2) is 5.82 Å². The third-order valence-corrected chi connectivity index (χ3v) is 5.44. The van der Waals surface area contributed by atoms with Crippen LogP contribution in [0.2, 0.25) is 0 Å². The molecule has 1 aromatic rings.